The van der Waals surface area contributed by atoms with Gasteiger partial charge in [0.2, 0.25) is 0 Å². The van der Waals surface area contributed by atoms with Gasteiger partial charge in [0, 0.05) is 6.07 Å². The zero-order chi connectivity index (χ0) is 15.6. The number of ether oxygens (including phenoxy) is 2. The van der Waals surface area contributed by atoms with E-state index in [1.54, 1.807) is 0 Å². The largest absolute Gasteiger partial charge is 0.494 e. The molecule has 1 heterocycles. The molecule has 112 valence electrons. The Bertz CT molecular complexity index is 766. The molecule has 0 spiro atoms. The minimum Gasteiger partial charge on any atom is -0.494 e. The molecule has 0 amide bonds. The molecule has 8 nitrogen and oxygen atoms in total. The number of aromatic nitrogens is 1. The number of thiazole rings is 1. The second kappa shape index (κ2) is 6.09. The highest BCUT2D eigenvalue weighted by Gasteiger charge is 2.21. The number of thioether (sulfide) groups is 1. The van der Waals surface area contributed by atoms with Gasteiger partial charge in [-0.3, -0.25) is 4.57 Å². The number of nitrogens with two attached hydrogens (primary N) is 1. The fourth-order valence-electron chi connectivity index (χ4n) is 1.60. The summed E-state index contributed by atoms with van der Waals surface area (Å²) in [5.41, 5.74) is 6.00. The van der Waals surface area contributed by atoms with E-state index in [4.69, 9.17) is 30.3 Å². The Morgan fingerprint density at radius 3 is 2.90 bits per heavy atom. The SMILES string of the molecule is COc1c(SC#N)cc(OCP(=O)(O)O)c2nc(N)sc12. The third-order valence-corrected chi connectivity index (χ3v) is 4.28. The van der Waals surface area contributed by atoms with Crippen molar-refractivity contribution in [1.82, 2.24) is 4.98 Å². The first-order valence-corrected chi connectivity index (χ1v) is 8.79. The lowest BCUT2D eigenvalue weighted by molar-refractivity contribution is 0.301. The summed E-state index contributed by atoms with van der Waals surface area (Å²) in [7, 11) is -2.89. The number of hydrogen-bond acceptors (Lipinski definition) is 8. The maximum atomic E-state index is 10.9. The second-order valence-corrected chi connectivity index (χ2v) is 7.21. The fourth-order valence-corrected chi connectivity index (χ4v) is 3.39. The van der Waals surface area contributed by atoms with Crippen molar-refractivity contribution in [2.45, 2.75) is 4.90 Å². The minimum absolute atomic E-state index is 0.139. The molecule has 2 aromatic rings. The molecule has 2 rings (SSSR count). The van der Waals surface area contributed by atoms with E-state index >= 15 is 0 Å². The number of nitriles is 1. The van der Waals surface area contributed by atoms with Crippen LogP contribution in [0.25, 0.3) is 10.2 Å². The van der Waals surface area contributed by atoms with Crippen LogP contribution in [0.3, 0.4) is 0 Å². The normalized spacial score (nSPS) is 11.3. The Kier molecular flexibility index (Phi) is 4.61. The number of rotatable bonds is 5. The number of anilines is 1. The molecule has 0 atom stereocenters. The Balaban J connectivity index is 2.58. The average molecular weight is 347 g/mol. The van der Waals surface area contributed by atoms with Gasteiger partial charge >= 0.3 is 7.60 Å². The molecule has 0 unspecified atom stereocenters. The Morgan fingerprint density at radius 1 is 1.62 bits per heavy atom. The minimum atomic E-state index is -4.33. The molecule has 0 bridgehead atoms. The van der Waals surface area contributed by atoms with Gasteiger partial charge < -0.3 is 25.0 Å². The molecule has 1 aromatic heterocycles. The van der Waals surface area contributed by atoms with Gasteiger partial charge in [0.15, 0.2) is 17.2 Å². The van der Waals surface area contributed by atoms with E-state index in [1.165, 1.54) is 13.2 Å². The number of fused-ring (bicyclic) bond motifs is 1. The maximum Gasteiger partial charge on any atom is 0.362 e. The molecule has 0 aliphatic carbocycles. The van der Waals surface area contributed by atoms with Gasteiger partial charge in [-0.1, -0.05) is 11.3 Å². The van der Waals surface area contributed by atoms with Crippen LogP contribution in [0, 0.1) is 10.7 Å². The standard InChI is InChI=1S/C10H10N3O5PS2/c1-17-8-6(20-3-11)2-5(18-4-19(14,15)16)7-9(8)21-10(12)13-7/h2H,4H2,1H3,(H2,12,13)(H2,14,15,16). The monoisotopic (exact) mass is 347 g/mol. The van der Waals surface area contributed by atoms with Crippen LogP contribution in [-0.2, 0) is 4.57 Å². The predicted octanol–water partition coefficient (Wildman–Crippen LogP) is 1.97. The van der Waals surface area contributed by atoms with Crippen molar-refractivity contribution in [3.05, 3.63) is 6.07 Å². The van der Waals surface area contributed by atoms with Crippen LogP contribution in [0.5, 0.6) is 11.5 Å². The van der Waals surface area contributed by atoms with Gasteiger partial charge in [-0.25, -0.2) is 4.98 Å². The summed E-state index contributed by atoms with van der Waals surface area (Å²) in [6, 6.07) is 1.45. The van der Waals surface area contributed by atoms with Crippen molar-refractivity contribution in [2.24, 2.45) is 0 Å². The van der Waals surface area contributed by atoms with Gasteiger partial charge in [-0.05, 0) is 11.8 Å². The van der Waals surface area contributed by atoms with Crippen LogP contribution in [0.1, 0.15) is 0 Å². The third kappa shape index (κ3) is 3.58. The number of thiocyanates is 1. The second-order valence-electron chi connectivity index (χ2n) is 3.77. The fraction of sp³-hybridized carbons (Fsp3) is 0.200. The summed E-state index contributed by atoms with van der Waals surface area (Å²) in [5, 5.41) is 11.0. The lowest BCUT2D eigenvalue weighted by Gasteiger charge is -2.11. The zero-order valence-corrected chi connectivity index (χ0v) is 13.2. The average Bonchev–Trinajstić information content (AvgIpc) is 2.77. The van der Waals surface area contributed by atoms with Crippen LogP contribution in [0.15, 0.2) is 11.0 Å². The maximum absolute atomic E-state index is 10.9. The smallest absolute Gasteiger partial charge is 0.362 e. The molecule has 0 saturated heterocycles. The van der Waals surface area contributed by atoms with Crippen molar-refractivity contribution < 1.29 is 23.8 Å². The highest BCUT2D eigenvalue weighted by atomic mass is 32.2. The van der Waals surface area contributed by atoms with Gasteiger partial charge in [0.1, 0.15) is 21.4 Å². The van der Waals surface area contributed by atoms with Gasteiger partial charge in [-0.2, -0.15) is 5.26 Å². The summed E-state index contributed by atoms with van der Waals surface area (Å²) in [4.78, 5) is 22.3. The van der Waals surface area contributed by atoms with Crippen molar-refractivity contribution in [3.63, 3.8) is 0 Å². The molecule has 0 saturated carbocycles. The number of nitrogen functional groups attached to an aromatic ring is 1. The van der Waals surface area contributed by atoms with Crippen LogP contribution < -0.4 is 15.2 Å². The lowest BCUT2D eigenvalue weighted by Crippen LogP contribution is -1.99. The molecule has 11 heteroatoms. The van der Waals surface area contributed by atoms with E-state index in [0.29, 0.717) is 20.9 Å². The van der Waals surface area contributed by atoms with Crippen LogP contribution in [-0.4, -0.2) is 28.2 Å². The van der Waals surface area contributed by atoms with E-state index in [9.17, 15) is 4.57 Å². The van der Waals surface area contributed by atoms with Gasteiger partial charge in [0.25, 0.3) is 0 Å². The molecular formula is C10H10N3O5PS2. The topological polar surface area (TPSA) is 139 Å². The molecule has 0 aliphatic heterocycles. The van der Waals surface area contributed by atoms with Crippen molar-refractivity contribution in [3.8, 4) is 16.9 Å². The van der Waals surface area contributed by atoms with Crippen LogP contribution >= 0.6 is 30.7 Å². The van der Waals surface area contributed by atoms with Crippen molar-refractivity contribution in [2.75, 3.05) is 19.2 Å². The zero-order valence-electron chi connectivity index (χ0n) is 10.6. The number of methoxy groups -OCH3 is 1. The molecule has 1 aromatic carbocycles. The Labute approximate surface area is 127 Å². The molecule has 0 fully saturated rings. The van der Waals surface area contributed by atoms with E-state index in [1.807, 2.05) is 5.40 Å². The highest BCUT2D eigenvalue weighted by molar-refractivity contribution is 8.03. The van der Waals surface area contributed by atoms with E-state index in [2.05, 4.69) is 4.98 Å². The summed E-state index contributed by atoms with van der Waals surface area (Å²) in [6.07, 6.45) is -0.789. The van der Waals surface area contributed by atoms with E-state index in [-0.39, 0.29) is 10.9 Å². The summed E-state index contributed by atoms with van der Waals surface area (Å²) < 4.78 is 21.9. The quantitative estimate of drug-likeness (QED) is 0.421. The first kappa shape index (κ1) is 15.9. The number of nitrogens with zero attached hydrogens (tertiary/aromatic N) is 2. The molecule has 4 N–H and O–H groups in total. The summed E-state index contributed by atoms with van der Waals surface area (Å²) in [5.74, 6) is 0.564. The van der Waals surface area contributed by atoms with Gasteiger partial charge in [-0.15, -0.1) is 0 Å². The third-order valence-electron chi connectivity index (χ3n) is 2.32. The summed E-state index contributed by atoms with van der Waals surface area (Å²) in [6.45, 7) is 0. The molecule has 0 radical (unpaired) electrons. The summed E-state index contributed by atoms with van der Waals surface area (Å²) >= 11 is 1.98. The molecule has 0 aliphatic rings. The Hall–Kier alpha value is -1.50. The van der Waals surface area contributed by atoms with Crippen molar-refractivity contribution >= 4 is 46.0 Å². The lowest BCUT2D eigenvalue weighted by atomic mass is 10.3. The molecule has 21 heavy (non-hydrogen) atoms. The first-order valence-electron chi connectivity index (χ1n) is 5.36. The Morgan fingerprint density at radius 2 is 2.33 bits per heavy atom. The molecular weight excluding hydrogens is 337 g/mol. The van der Waals surface area contributed by atoms with Gasteiger partial charge in [0.05, 0.1) is 12.0 Å². The van der Waals surface area contributed by atoms with E-state index < -0.39 is 13.9 Å². The van der Waals surface area contributed by atoms with Crippen LogP contribution in [0.4, 0.5) is 5.13 Å². The predicted molar refractivity (Wildman–Crippen MR) is 79.6 cm³/mol. The number of benzene rings is 1. The van der Waals surface area contributed by atoms with E-state index in [0.717, 1.165) is 23.1 Å². The first-order chi connectivity index (χ1) is 9.85. The number of hydrogen-bond donors (Lipinski definition) is 3. The van der Waals surface area contributed by atoms with Crippen LogP contribution in [0.2, 0.25) is 0 Å². The highest BCUT2D eigenvalue weighted by Crippen LogP contribution is 2.45. The van der Waals surface area contributed by atoms with Crippen molar-refractivity contribution in [1.29, 1.82) is 5.26 Å².